The van der Waals surface area contributed by atoms with Gasteiger partial charge in [-0.25, -0.2) is 12.8 Å². The summed E-state index contributed by atoms with van der Waals surface area (Å²) in [6.07, 6.45) is 1.82. The molecule has 0 radical (unpaired) electrons. The van der Waals surface area contributed by atoms with E-state index in [1.165, 1.54) is 22.5 Å². The molecule has 1 aromatic rings. The van der Waals surface area contributed by atoms with Crippen molar-refractivity contribution in [2.45, 2.75) is 30.7 Å². The first kappa shape index (κ1) is 16.8. The molecular weight excluding hydrogens is 319 g/mol. The van der Waals surface area contributed by atoms with Gasteiger partial charge < -0.3 is 4.74 Å². The lowest BCUT2D eigenvalue weighted by atomic mass is 10.2. The zero-order chi connectivity index (χ0) is 16.4. The van der Waals surface area contributed by atoms with Crippen LogP contribution in [0.25, 0.3) is 0 Å². The quantitative estimate of drug-likeness (QED) is 0.838. The van der Waals surface area contributed by atoms with Gasteiger partial charge in [0.15, 0.2) is 0 Å². The minimum Gasteiger partial charge on any atom is -0.380 e. The zero-order valence-electron chi connectivity index (χ0n) is 13.4. The van der Waals surface area contributed by atoms with Gasteiger partial charge >= 0.3 is 0 Å². The highest BCUT2D eigenvalue weighted by atomic mass is 32.2. The van der Waals surface area contributed by atoms with Gasteiger partial charge in [-0.2, -0.15) is 4.31 Å². The molecule has 0 saturated carbocycles. The summed E-state index contributed by atoms with van der Waals surface area (Å²) in [7, 11) is -3.56. The average Bonchev–Trinajstić information content (AvgIpc) is 2.94. The topological polar surface area (TPSA) is 49.9 Å². The van der Waals surface area contributed by atoms with Gasteiger partial charge in [0.2, 0.25) is 10.0 Å². The molecule has 0 aliphatic carbocycles. The van der Waals surface area contributed by atoms with Crippen LogP contribution in [0.4, 0.5) is 4.39 Å². The van der Waals surface area contributed by atoms with E-state index in [0.717, 1.165) is 32.6 Å². The fraction of sp³-hybridized carbons (Fsp3) is 0.625. The Morgan fingerprint density at radius 2 is 2.04 bits per heavy atom. The van der Waals surface area contributed by atoms with Crippen molar-refractivity contribution in [2.75, 3.05) is 39.4 Å². The summed E-state index contributed by atoms with van der Waals surface area (Å²) in [5.74, 6) is -0.382. The molecule has 0 N–H and O–H groups in total. The minimum absolute atomic E-state index is 0.175. The van der Waals surface area contributed by atoms with Crippen LogP contribution in [-0.2, 0) is 14.8 Å². The second-order valence-corrected chi connectivity index (χ2v) is 8.16. The second kappa shape index (κ2) is 6.84. The Labute approximate surface area is 137 Å². The molecule has 1 atom stereocenters. The Morgan fingerprint density at radius 1 is 1.22 bits per heavy atom. The Morgan fingerprint density at radius 3 is 2.74 bits per heavy atom. The fourth-order valence-corrected chi connectivity index (χ4v) is 4.81. The molecular formula is C16H23FN2O3S. The van der Waals surface area contributed by atoms with Crippen molar-refractivity contribution in [1.82, 2.24) is 9.21 Å². The summed E-state index contributed by atoms with van der Waals surface area (Å²) in [6.45, 7) is 5.69. The lowest BCUT2D eigenvalue weighted by Gasteiger charge is -2.26. The molecule has 0 amide bonds. The first-order valence-electron chi connectivity index (χ1n) is 8.06. The van der Waals surface area contributed by atoms with E-state index in [9.17, 15) is 12.8 Å². The number of benzene rings is 1. The largest absolute Gasteiger partial charge is 0.380 e. The van der Waals surface area contributed by atoms with E-state index >= 15 is 0 Å². The summed E-state index contributed by atoms with van der Waals surface area (Å²) < 4.78 is 45.9. The van der Waals surface area contributed by atoms with Crippen molar-refractivity contribution in [2.24, 2.45) is 0 Å². The highest BCUT2D eigenvalue weighted by Gasteiger charge is 2.30. The summed E-state index contributed by atoms with van der Waals surface area (Å²) in [6, 6.07) is 4.40. The minimum atomic E-state index is -3.56. The molecule has 0 bridgehead atoms. The van der Waals surface area contributed by atoms with Crippen LogP contribution in [0.1, 0.15) is 18.4 Å². The molecule has 7 heteroatoms. The number of aryl methyl sites for hydroxylation is 1. The number of hydrogen-bond donors (Lipinski definition) is 0. The summed E-state index contributed by atoms with van der Waals surface area (Å²) in [4.78, 5) is 2.51. The predicted molar refractivity (Wildman–Crippen MR) is 85.3 cm³/mol. The van der Waals surface area contributed by atoms with Gasteiger partial charge in [-0.05, 0) is 50.1 Å². The van der Waals surface area contributed by atoms with Gasteiger partial charge in [-0.15, -0.1) is 0 Å². The summed E-state index contributed by atoms with van der Waals surface area (Å²) in [5, 5.41) is 0. The van der Waals surface area contributed by atoms with Gasteiger partial charge in [0, 0.05) is 32.3 Å². The molecule has 2 aliphatic rings. The maximum Gasteiger partial charge on any atom is 0.243 e. The van der Waals surface area contributed by atoms with Crippen molar-refractivity contribution in [3.8, 4) is 0 Å². The van der Waals surface area contributed by atoms with Crippen LogP contribution < -0.4 is 0 Å². The third-order valence-electron chi connectivity index (χ3n) is 4.68. The van der Waals surface area contributed by atoms with Gasteiger partial charge in [0.25, 0.3) is 0 Å². The Bertz CT molecular complexity index is 659. The van der Waals surface area contributed by atoms with E-state index in [1.807, 2.05) is 0 Å². The molecule has 3 rings (SSSR count). The number of hydrogen-bond acceptors (Lipinski definition) is 4. The third-order valence-corrected chi connectivity index (χ3v) is 6.57. The van der Waals surface area contributed by atoms with Crippen LogP contribution in [0, 0.1) is 12.7 Å². The van der Waals surface area contributed by atoms with Gasteiger partial charge in [0.1, 0.15) is 5.82 Å². The normalized spacial score (nSPS) is 24.7. The molecule has 2 fully saturated rings. The average molecular weight is 342 g/mol. The highest BCUT2D eigenvalue weighted by Crippen LogP contribution is 2.22. The van der Waals surface area contributed by atoms with Crippen molar-refractivity contribution in [3.63, 3.8) is 0 Å². The molecule has 1 unspecified atom stereocenters. The van der Waals surface area contributed by atoms with Crippen LogP contribution in [0.5, 0.6) is 0 Å². The van der Waals surface area contributed by atoms with Crippen molar-refractivity contribution >= 4 is 10.0 Å². The van der Waals surface area contributed by atoms with Crippen molar-refractivity contribution in [3.05, 3.63) is 29.6 Å². The van der Waals surface area contributed by atoms with Crippen LogP contribution in [0.3, 0.4) is 0 Å². The van der Waals surface area contributed by atoms with Crippen molar-refractivity contribution < 1.29 is 17.5 Å². The molecule has 5 nitrogen and oxygen atoms in total. The van der Waals surface area contributed by atoms with Crippen LogP contribution in [-0.4, -0.2) is 63.1 Å². The number of sulfonamides is 1. The molecule has 128 valence electrons. The molecule has 0 aromatic heterocycles. The maximum absolute atomic E-state index is 13.4. The smallest absolute Gasteiger partial charge is 0.243 e. The van der Waals surface area contributed by atoms with E-state index in [1.54, 1.807) is 6.92 Å². The molecule has 2 aliphatic heterocycles. The molecule has 1 aromatic carbocycles. The second-order valence-electron chi connectivity index (χ2n) is 6.22. The first-order valence-corrected chi connectivity index (χ1v) is 9.50. The molecule has 23 heavy (non-hydrogen) atoms. The number of nitrogens with zero attached hydrogens (tertiary/aromatic N) is 2. The van der Waals surface area contributed by atoms with Crippen LogP contribution >= 0.6 is 0 Å². The summed E-state index contributed by atoms with van der Waals surface area (Å²) >= 11 is 0. The predicted octanol–water partition coefficient (Wildman–Crippen LogP) is 1.62. The lowest BCUT2D eigenvalue weighted by molar-refractivity contribution is 0.147. The SMILES string of the molecule is Cc1cc(S(=O)(=O)N2CCCN(C3CCOC3)CC2)ccc1F. The zero-order valence-corrected chi connectivity index (χ0v) is 14.2. The Balaban J connectivity index is 1.73. The number of ether oxygens (including phenoxy) is 1. The van der Waals surface area contributed by atoms with E-state index in [0.29, 0.717) is 31.2 Å². The van der Waals surface area contributed by atoms with Gasteiger partial charge in [-0.1, -0.05) is 0 Å². The lowest BCUT2D eigenvalue weighted by Crippen LogP contribution is -2.39. The van der Waals surface area contributed by atoms with Gasteiger partial charge in [-0.3, -0.25) is 4.90 Å². The van der Waals surface area contributed by atoms with Crippen LogP contribution in [0.2, 0.25) is 0 Å². The molecule has 2 saturated heterocycles. The van der Waals surface area contributed by atoms with E-state index in [2.05, 4.69) is 4.90 Å². The van der Waals surface area contributed by atoms with Crippen LogP contribution in [0.15, 0.2) is 23.1 Å². The third kappa shape index (κ3) is 3.57. The molecule has 0 spiro atoms. The van der Waals surface area contributed by atoms with E-state index < -0.39 is 10.0 Å². The molecule has 2 heterocycles. The highest BCUT2D eigenvalue weighted by molar-refractivity contribution is 7.89. The fourth-order valence-electron chi connectivity index (χ4n) is 3.26. The number of halogens is 1. The summed E-state index contributed by atoms with van der Waals surface area (Å²) in [5.41, 5.74) is 0.352. The van der Waals surface area contributed by atoms with Crippen molar-refractivity contribution in [1.29, 1.82) is 0 Å². The maximum atomic E-state index is 13.4. The van der Waals surface area contributed by atoms with Gasteiger partial charge in [0.05, 0.1) is 11.5 Å². The standard InChI is InChI=1S/C16H23FN2O3S/c1-13-11-15(3-4-16(13)17)23(20,21)19-7-2-6-18(8-9-19)14-5-10-22-12-14/h3-4,11,14H,2,5-10,12H2,1H3. The Kier molecular flexibility index (Phi) is 5.01. The number of rotatable bonds is 3. The Hall–Kier alpha value is -1.02. The monoisotopic (exact) mass is 342 g/mol. The van der Waals surface area contributed by atoms with E-state index in [-0.39, 0.29) is 10.7 Å². The van der Waals surface area contributed by atoms with E-state index in [4.69, 9.17) is 4.74 Å². The first-order chi connectivity index (χ1) is 11.0.